The molecule has 2 aromatic carbocycles. The smallest absolute Gasteiger partial charge is 0.264 e. The molecule has 3 aromatic rings. The average molecular weight is 372 g/mol. The zero-order valence-corrected chi connectivity index (χ0v) is 15.5. The van der Waals surface area contributed by atoms with Crippen LogP contribution in [0.2, 0.25) is 0 Å². The van der Waals surface area contributed by atoms with Gasteiger partial charge in [-0.3, -0.25) is 8.74 Å². The summed E-state index contributed by atoms with van der Waals surface area (Å²) in [5.41, 5.74) is 3.97. The summed E-state index contributed by atoms with van der Waals surface area (Å²) in [5, 5.41) is 0. The van der Waals surface area contributed by atoms with Crippen molar-refractivity contribution in [1.82, 2.24) is 0 Å². The molecule has 0 bridgehead atoms. The molecule has 0 radical (unpaired) electrons. The van der Waals surface area contributed by atoms with Gasteiger partial charge in [-0.25, -0.2) is 4.57 Å². The van der Waals surface area contributed by atoms with Crippen LogP contribution >= 0.6 is 0 Å². The van der Waals surface area contributed by atoms with Gasteiger partial charge in [0.2, 0.25) is 0 Å². The van der Waals surface area contributed by atoms with Gasteiger partial charge in [0.15, 0.2) is 12.4 Å². The first-order chi connectivity index (χ1) is 12.4. The fourth-order valence-electron chi connectivity index (χ4n) is 2.57. The zero-order valence-electron chi connectivity index (χ0n) is 14.7. The van der Waals surface area contributed by atoms with Gasteiger partial charge in [-0.05, 0) is 16.7 Å². The van der Waals surface area contributed by atoms with Crippen LogP contribution in [0, 0.1) is 0 Å². The number of aryl methyl sites for hydroxylation is 1. The van der Waals surface area contributed by atoms with Crippen molar-refractivity contribution in [2.75, 3.05) is 7.11 Å². The van der Waals surface area contributed by atoms with Crippen molar-refractivity contribution < 1.29 is 21.7 Å². The number of hydrogen-bond donors (Lipinski definition) is 1. The summed E-state index contributed by atoms with van der Waals surface area (Å²) in [6, 6.07) is 25.7. The molecule has 1 N–H and O–H groups in total. The Bertz CT molecular complexity index is 856. The molecule has 1 heterocycles. The molecule has 0 unspecified atom stereocenters. The minimum Gasteiger partial charge on any atom is -0.264 e. The lowest BCUT2D eigenvalue weighted by atomic mass is 9.86. The van der Waals surface area contributed by atoms with E-state index in [1.807, 2.05) is 7.05 Å². The van der Waals surface area contributed by atoms with Gasteiger partial charge in [-0.1, -0.05) is 60.7 Å². The van der Waals surface area contributed by atoms with E-state index in [9.17, 15) is 8.42 Å². The largest absolute Gasteiger partial charge is 0.397 e. The highest BCUT2D eigenvalue weighted by atomic mass is 32.3. The van der Waals surface area contributed by atoms with E-state index in [-0.39, 0.29) is 0 Å². The number of hydrogen-bond acceptors (Lipinski definition) is 3. The summed E-state index contributed by atoms with van der Waals surface area (Å²) in [6.45, 7) is 0. The highest BCUT2D eigenvalue weighted by Crippen LogP contribution is 2.30. The molecule has 3 rings (SSSR count). The molecule has 0 saturated heterocycles. The molecule has 26 heavy (non-hydrogen) atoms. The maximum absolute atomic E-state index is 9.33. The second-order valence-corrected chi connectivity index (χ2v) is 6.83. The van der Waals surface area contributed by atoms with E-state index in [1.165, 1.54) is 16.7 Å². The van der Waals surface area contributed by atoms with Crippen molar-refractivity contribution in [2.45, 2.75) is 5.92 Å². The Hall–Kier alpha value is -2.54. The van der Waals surface area contributed by atoms with Crippen molar-refractivity contribution in [3.63, 3.8) is 0 Å². The van der Waals surface area contributed by atoms with Crippen LogP contribution < -0.4 is 4.57 Å². The van der Waals surface area contributed by atoms with Crippen LogP contribution in [0.3, 0.4) is 0 Å². The second kappa shape index (κ2) is 9.24. The first-order valence-corrected chi connectivity index (χ1v) is 9.35. The third-order valence-corrected chi connectivity index (χ3v) is 4.24. The third-order valence-electron chi connectivity index (χ3n) is 3.81. The average Bonchev–Trinajstić information content (AvgIpc) is 2.65. The quantitative estimate of drug-likeness (QED) is 0.564. The molecule has 0 aliphatic heterocycles. The van der Waals surface area contributed by atoms with E-state index in [0.29, 0.717) is 5.92 Å². The zero-order chi connectivity index (χ0) is 19.0. The Kier molecular flexibility index (Phi) is 7.03. The number of rotatable bonds is 4. The molecule has 6 heteroatoms. The maximum atomic E-state index is 9.33. The monoisotopic (exact) mass is 372 g/mol. The van der Waals surface area contributed by atoms with E-state index < -0.39 is 10.4 Å². The van der Waals surface area contributed by atoms with E-state index in [2.05, 4.69) is 93.9 Å². The fourth-order valence-corrected chi connectivity index (χ4v) is 2.57. The van der Waals surface area contributed by atoms with Crippen LogP contribution in [0.5, 0.6) is 0 Å². The summed E-state index contributed by atoms with van der Waals surface area (Å²) >= 11 is 0. The lowest BCUT2D eigenvalue weighted by molar-refractivity contribution is -0.671. The summed E-state index contributed by atoms with van der Waals surface area (Å²) in [6.07, 6.45) is 4.21. The predicted octanol–water partition coefficient (Wildman–Crippen LogP) is 3.13. The SMILES string of the molecule is COS(=O)(=O)O.C[n+]1ccc(C(c2ccccc2)c2ccccc2)cc1. The van der Waals surface area contributed by atoms with Crippen LogP contribution in [0.25, 0.3) is 0 Å². The molecule has 1 aromatic heterocycles. The van der Waals surface area contributed by atoms with Gasteiger partial charge >= 0.3 is 10.4 Å². The molecule has 0 amide bonds. The molecule has 5 nitrogen and oxygen atoms in total. The highest BCUT2D eigenvalue weighted by Gasteiger charge is 2.16. The highest BCUT2D eigenvalue weighted by molar-refractivity contribution is 7.80. The minimum atomic E-state index is -4.16. The van der Waals surface area contributed by atoms with Crippen molar-refractivity contribution in [3.8, 4) is 0 Å². The van der Waals surface area contributed by atoms with Gasteiger partial charge in [-0.2, -0.15) is 8.42 Å². The normalized spacial score (nSPS) is 10.9. The fraction of sp³-hybridized carbons (Fsp3) is 0.150. The number of benzene rings is 2. The number of aromatic nitrogens is 1. The Labute approximate surface area is 154 Å². The van der Waals surface area contributed by atoms with Crippen LogP contribution in [-0.2, 0) is 21.6 Å². The van der Waals surface area contributed by atoms with Crippen LogP contribution in [0.15, 0.2) is 85.2 Å². The topological polar surface area (TPSA) is 67.5 Å². The van der Waals surface area contributed by atoms with Gasteiger partial charge < -0.3 is 0 Å². The summed E-state index contributed by atoms with van der Waals surface area (Å²) in [4.78, 5) is 0. The molecule has 0 aliphatic carbocycles. The number of nitrogens with zero attached hydrogens (tertiary/aromatic N) is 1. The van der Waals surface area contributed by atoms with Gasteiger partial charge in [0, 0.05) is 18.1 Å². The van der Waals surface area contributed by atoms with Crippen LogP contribution in [-0.4, -0.2) is 20.1 Å². The molecular formula is C20H22NO4S+. The van der Waals surface area contributed by atoms with Gasteiger partial charge in [0.25, 0.3) is 0 Å². The standard InChI is InChI=1S/C19H18N.CH4O4S/c1-20-14-12-18(13-15-20)19(16-8-4-2-5-9-16)17-10-6-3-7-11-17;1-5-6(2,3)4/h2-15,19H,1H3;1H3,(H,2,3,4)/q+1;. The Balaban J connectivity index is 0.000000352. The number of pyridine rings is 1. The van der Waals surface area contributed by atoms with Gasteiger partial charge in [-0.15, -0.1) is 0 Å². The molecule has 136 valence electrons. The first-order valence-electron chi connectivity index (χ1n) is 7.99. The molecule has 0 saturated carbocycles. The minimum absolute atomic E-state index is 0.290. The lowest BCUT2D eigenvalue weighted by Gasteiger charge is -2.18. The third kappa shape index (κ3) is 6.07. The molecule has 0 fully saturated rings. The van der Waals surface area contributed by atoms with E-state index in [4.69, 9.17) is 4.55 Å². The second-order valence-electron chi connectivity index (χ2n) is 5.65. The molecule has 0 atom stereocenters. The Morgan fingerprint density at radius 1 is 0.808 bits per heavy atom. The molecule has 0 spiro atoms. The maximum Gasteiger partial charge on any atom is 0.397 e. The van der Waals surface area contributed by atoms with E-state index in [0.717, 1.165) is 7.11 Å². The van der Waals surface area contributed by atoms with E-state index >= 15 is 0 Å². The lowest BCUT2D eigenvalue weighted by Crippen LogP contribution is -2.26. The van der Waals surface area contributed by atoms with E-state index in [1.54, 1.807) is 0 Å². The van der Waals surface area contributed by atoms with Crippen molar-refractivity contribution in [3.05, 3.63) is 102 Å². The van der Waals surface area contributed by atoms with Gasteiger partial charge in [0.05, 0.1) is 7.11 Å². The van der Waals surface area contributed by atoms with Gasteiger partial charge in [0.1, 0.15) is 7.05 Å². The van der Waals surface area contributed by atoms with Crippen molar-refractivity contribution in [2.24, 2.45) is 7.05 Å². The first kappa shape index (κ1) is 19.8. The van der Waals surface area contributed by atoms with Crippen LogP contribution in [0.4, 0.5) is 0 Å². The van der Waals surface area contributed by atoms with Crippen LogP contribution in [0.1, 0.15) is 22.6 Å². The summed E-state index contributed by atoms with van der Waals surface area (Å²) in [5.74, 6) is 0.290. The molecular weight excluding hydrogens is 350 g/mol. The van der Waals surface area contributed by atoms with Crippen molar-refractivity contribution in [1.29, 1.82) is 0 Å². The Morgan fingerprint density at radius 3 is 1.50 bits per heavy atom. The predicted molar refractivity (Wildman–Crippen MR) is 100 cm³/mol. The summed E-state index contributed by atoms with van der Waals surface area (Å²) in [7, 11) is -1.25. The van der Waals surface area contributed by atoms with Crippen molar-refractivity contribution >= 4 is 10.4 Å². The Morgan fingerprint density at radius 2 is 1.15 bits per heavy atom. The summed E-state index contributed by atoms with van der Waals surface area (Å²) < 4.78 is 31.8. The molecule has 0 aliphatic rings.